The number of hydrogen-bond donors (Lipinski definition) is 0. The van der Waals surface area contributed by atoms with Crippen molar-refractivity contribution in [1.29, 1.82) is 0 Å². The number of rotatable bonds is 2. The molecular weight excluding hydrogens is 172 g/mol. The van der Waals surface area contributed by atoms with E-state index in [1.165, 1.54) is 18.6 Å². The number of allylic oxidation sites excluding steroid dienone is 2. The van der Waals surface area contributed by atoms with Gasteiger partial charge in [0.1, 0.15) is 0 Å². The molecular formula is C13H24O. The predicted octanol–water partition coefficient (Wildman–Crippen LogP) is 4.14. The van der Waals surface area contributed by atoms with E-state index < -0.39 is 0 Å². The van der Waals surface area contributed by atoms with Gasteiger partial charge in [0.25, 0.3) is 0 Å². The molecule has 0 heterocycles. The average Bonchev–Trinajstić information content (AvgIpc) is 2.02. The zero-order valence-electron chi connectivity index (χ0n) is 10.3. The maximum Gasteiger partial charge on any atom is 0.0926 e. The van der Waals surface area contributed by atoms with Crippen LogP contribution in [0.2, 0.25) is 0 Å². The summed E-state index contributed by atoms with van der Waals surface area (Å²) in [5, 5.41) is 0. The molecule has 82 valence electrons. The molecule has 14 heavy (non-hydrogen) atoms. The zero-order chi connectivity index (χ0) is 10.8. The van der Waals surface area contributed by atoms with Gasteiger partial charge in [-0.05, 0) is 44.1 Å². The highest BCUT2D eigenvalue weighted by Crippen LogP contribution is 2.37. The Bertz CT molecular complexity index is 208. The van der Waals surface area contributed by atoms with Crippen molar-refractivity contribution < 1.29 is 4.74 Å². The first-order valence-electron chi connectivity index (χ1n) is 5.75. The Balaban J connectivity index is 2.47. The topological polar surface area (TPSA) is 9.23 Å². The Hall–Kier alpha value is -0.460. The molecule has 1 rings (SSSR count). The maximum atomic E-state index is 5.71. The second-order valence-electron chi connectivity index (χ2n) is 5.67. The van der Waals surface area contributed by atoms with Crippen LogP contribution < -0.4 is 0 Å². The van der Waals surface area contributed by atoms with Crippen LogP contribution in [0.5, 0.6) is 0 Å². The monoisotopic (exact) mass is 196 g/mol. The van der Waals surface area contributed by atoms with E-state index in [0.29, 0.717) is 11.5 Å². The normalized spacial score (nSPS) is 23.6. The number of ether oxygens (including phenoxy) is 1. The highest BCUT2D eigenvalue weighted by Gasteiger charge is 2.26. The van der Waals surface area contributed by atoms with Gasteiger partial charge in [0.15, 0.2) is 0 Å². The summed E-state index contributed by atoms with van der Waals surface area (Å²) in [5.41, 5.74) is 0.444. The standard InChI is InChI=1S/C13H24O/c1-10(2)14-12-8-6-11(7-9-12)13(3,4)5/h8,10-11H,6-7,9H2,1-5H3. The molecule has 1 aliphatic carbocycles. The van der Waals surface area contributed by atoms with Gasteiger partial charge in [-0.25, -0.2) is 0 Å². The fraction of sp³-hybridized carbons (Fsp3) is 0.846. The summed E-state index contributed by atoms with van der Waals surface area (Å²) >= 11 is 0. The van der Waals surface area contributed by atoms with Crippen molar-refractivity contribution >= 4 is 0 Å². The van der Waals surface area contributed by atoms with Crippen LogP contribution in [-0.4, -0.2) is 6.10 Å². The summed E-state index contributed by atoms with van der Waals surface area (Å²) in [6, 6.07) is 0. The van der Waals surface area contributed by atoms with Crippen LogP contribution in [0, 0.1) is 11.3 Å². The molecule has 0 saturated heterocycles. The largest absolute Gasteiger partial charge is 0.496 e. The zero-order valence-corrected chi connectivity index (χ0v) is 10.3. The van der Waals surface area contributed by atoms with Crippen molar-refractivity contribution in [2.45, 2.75) is 60.0 Å². The molecule has 1 unspecified atom stereocenters. The SMILES string of the molecule is CC(C)OC1=CCC(C(C)(C)C)CC1. The first kappa shape index (κ1) is 11.6. The lowest BCUT2D eigenvalue weighted by Gasteiger charge is -2.33. The Labute approximate surface area is 88.5 Å². The van der Waals surface area contributed by atoms with Crippen LogP contribution >= 0.6 is 0 Å². The van der Waals surface area contributed by atoms with E-state index in [1.54, 1.807) is 0 Å². The molecule has 1 atom stereocenters. The highest BCUT2D eigenvalue weighted by molar-refractivity contribution is 5.01. The van der Waals surface area contributed by atoms with Gasteiger partial charge < -0.3 is 4.74 Å². The van der Waals surface area contributed by atoms with E-state index in [0.717, 1.165) is 12.3 Å². The fourth-order valence-electron chi connectivity index (χ4n) is 2.01. The summed E-state index contributed by atoms with van der Waals surface area (Å²) in [5.74, 6) is 2.03. The molecule has 0 saturated carbocycles. The van der Waals surface area contributed by atoms with Gasteiger partial charge in [-0.15, -0.1) is 0 Å². The molecule has 0 N–H and O–H groups in total. The summed E-state index contributed by atoms with van der Waals surface area (Å²) in [4.78, 5) is 0. The molecule has 0 spiro atoms. The van der Waals surface area contributed by atoms with Gasteiger partial charge in [-0.2, -0.15) is 0 Å². The van der Waals surface area contributed by atoms with Gasteiger partial charge in [0.05, 0.1) is 11.9 Å². The number of hydrogen-bond acceptors (Lipinski definition) is 1. The van der Waals surface area contributed by atoms with E-state index in [1.807, 2.05) is 0 Å². The first-order valence-corrected chi connectivity index (χ1v) is 5.75. The van der Waals surface area contributed by atoms with Gasteiger partial charge in [-0.3, -0.25) is 0 Å². The van der Waals surface area contributed by atoms with Gasteiger partial charge >= 0.3 is 0 Å². The molecule has 0 bridgehead atoms. The van der Waals surface area contributed by atoms with Crippen LogP contribution in [-0.2, 0) is 4.74 Å². The van der Waals surface area contributed by atoms with E-state index in [9.17, 15) is 0 Å². The molecule has 0 aliphatic heterocycles. The lowest BCUT2D eigenvalue weighted by molar-refractivity contribution is 0.118. The second-order valence-corrected chi connectivity index (χ2v) is 5.67. The molecule has 0 aromatic rings. The van der Waals surface area contributed by atoms with E-state index in [2.05, 4.69) is 40.7 Å². The smallest absolute Gasteiger partial charge is 0.0926 e. The van der Waals surface area contributed by atoms with Gasteiger partial charge in [-0.1, -0.05) is 20.8 Å². The minimum atomic E-state index is 0.326. The Morgan fingerprint density at radius 2 is 2.00 bits per heavy atom. The minimum absolute atomic E-state index is 0.326. The van der Waals surface area contributed by atoms with Crippen LogP contribution in [0.25, 0.3) is 0 Å². The van der Waals surface area contributed by atoms with Crippen LogP contribution in [0.3, 0.4) is 0 Å². The molecule has 0 fully saturated rings. The van der Waals surface area contributed by atoms with Crippen molar-refractivity contribution in [1.82, 2.24) is 0 Å². The molecule has 0 radical (unpaired) electrons. The third-order valence-electron chi connectivity index (χ3n) is 2.98. The molecule has 0 aromatic carbocycles. The quantitative estimate of drug-likeness (QED) is 0.645. The van der Waals surface area contributed by atoms with E-state index in [4.69, 9.17) is 4.74 Å². The molecule has 1 nitrogen and oxygen atoms in total. The molecule has 1 heteroatoms. The van der Waals surface area contributed by atoms with Crippen LogP contribution in [0.15, 0.2) is 11.8 Å². The molecule has 1 aliphatic rings. The summed E-state index contributed by atoms with van der Waals surface area (Å²) in [6.07, 6.45) is 6.21. The van der Waals surface area contributed by atoms with Gasteiger partial charge in [0, 0.05) is 6.42 Å². The molecule has 0 aromatic heterocycles. The Kier molecular flexibility index (Phi) is 3.63. The van der Waals surface area contributed by atoms with Gasteiger partial charge in [0.2, 0.25) is 0 Å². The average molecular weight is 196 g/mol. The first-order chi connectivity index (χ1) is 6.39. The van der Waals surface area contributed by atoms with Crippen molar-refractivity contribution in [3.05, 3.63) is 11.8 Å². The van der Waals surface area contributed by atoms with E-state index in [-0.39, 0.29) is 0 Å². The highest BCUT2D eigenvalue weighted by atomic mass is 16.5. The predicted molar refractivity (Wildman–Crippen MR) is 61.1 cm³/mol. The summed E-state index contributed by atoms with van der Waals surface area (Å²) in [6.45, 7) is 11.2. The maximum absolute atomic E-state index is 5.71. The summed E-state index contributed by atoms with van der Waals surface area (Å²) in [7, 11) is 0. The molecule has 0 amide bonds. The van der Waals surface area contributed by atoms with Crippen molar-refractivity contribution in [2.24, 2.45) is 11.3 Å². The third kappa shape index (κ3) is 3.36. The Morgan fingerprint density at radius 1 is 1.36 bits per heavy atom. The lowest BCUT2D eigenvalue weighted by atomic mass is 9.74. The Morgan fingerprint density at radius 3 is 2.36 bits per heavy atom. The minimum Gasteiger partial charge on any atom is -0.496 e. The second kappa shape index (κ2) is 4.37. The van der Waals surface area contributed by atoms with E-state index >= 15 is 0 Å². The van der Waals surface area contributed by atoms with Crippen LogP contribution in [0.4, 0.5) is 0 Å². The lowest BCUT2D eigenvalue weighted by Crippen LogP contribution is -2.23. The van der Waals surface area contributed by atoms with Crippen molar-refractivity contribution in [3.63, 3.8) is 0 Å². The van der Waals surface area contributed by atoms with Crippen LogP contribution in [0.1, 0.15) is 53.9 Å². The van der Waals surface area contributed by atoms with Crippen molar-refractivity contribution in [3.8, 4) is 0 Å². The summed E-state index contributed by atoms with van der Waals surface area (Å²) < 4.78 is 5.71. The van der Waals surface area contributed by atoms with Crippen molar-refractivity contribution in [2.75, 3.05) is 0 Å². The third-order valence-corrected chi connectivity index (χ3v) is 2.98. The fourth-order valence-corrected chi connectivity index (χ4v) is 2.01.